The van der Waals surface area contributed by atoms with Crippen molar-refractivity contribution >= 4 is 34.8 Å². The molecule has 8 heteroatoms. The van der Waals surface area contributed by atoms with E-state index in [4.69, 9.17) is 21.4 Å². The van der Waals surface area contributed by atoms with Crippen molar-refractivity contribution in [3.8, 4) is 5.75 Å². The third kappa shape index (κ3) is 4.95. The summed E-state index contributed by atoms with van der Waals surface area (Å²) in [6.07, 6.45) is 1.53. The number of ether oxygens (including phenoxy) is 1. The fraction of sp³-hybridized carbons (Fsp3) is 0.389. The number of carbonyl (C=O) groups is 2. The lowest BCUT2D eigenvalue weighted by molar-refractivity contribution is -0.145. The molecule has 0 saturated carbocycles. The highest BCUT2D eigenvalue weighted by Crippen LogP contribution is 2.20. The molecular weight excluding hydrogens is 376 g/mol. The van der Waals surface area contributed by atoms with Crippen molar-refractivity contribution in [1.82, 2.24) is 9.88 Å². The maximum atomic E-state index is 12.4. The lowest BCUT2D eigenvalue weighted by Crippen LogP contribution is -2.43. The number of carboxylic acids is 1. The normalized spacial score (nSPS) is 17.1. The molecule has 1 aliphatic heterocycles. The van der Waals surface area contributed by atoms with Gasteiger partial charge in [-0.05, 0) is 37.1 Å². The molecule has 0 unspecified atom stereocenters. The molecule has 1 fully saturated rings. The number of hydrogen-bond donors (Lipinski definition) is 1. The molecule has 0 radical (unpaired) electrons. The van der Waals surface area contributed by atoms with E-state index < -0.39 is 11.9 Å². The molecule has 1 saturated heterocycles. The van der Waals surface area contributed by atoms with E-state index >= 15 is 0 Å². The number of benzene rings is 1. The molecule has 6 nitrogen and oxygen atoms in total. The highest BCUT2D eigenvalue weighted by atomic mass is 35.5. The van der Waals surface area contributed by atoms with E-state index in [0.717, 1.165) is 11.4 Å². The van der Waals surface area contributed by atoms with Crippen molar-refractivity contribution in [2.45, 2.75) is 25.9 Å². The summed E-state index contributed by atoms with van der Waals surface area (Å²) in [6, 6.07) is 7.09. The van der Waals surface area contributed by atoms with Crippen LogP contribution in [-0.2, 0) is 22.6 Å². The molecule has 2 heterocycles. The first kappa shape index (κ1) is 18.7. The van der Waals surface area contributed by atoms with Crippen molar-refractivity contribution in [2.75, 3.05) is 13.1 Å². The van der Waals surface area contributed by atoms with Crippen molar-refractivity contribution in [3.05, 3.63) is 45.4 Å². The van der Waals surface area contributed by atoms with Gasteiger partial charge in [0.2, 0.25) is 5.91 Å². The number of likely N-dealkylation sites (tertiary alicyclic amines) is 1. The fourth-order valence-electron chi connectivity index (χ4n) is 2.84. The minimum atomic E-state index is -0.835. The van der Waals surface area contributed by atoms with Gasteiger partial charge in [-0.1, -0.05) is 11.6 Å². The van der Waals surface area contributed by atoms with Gasteiger partial charge in [0, 0.05) is 23.5 Å². The molecule has 1 aromatic heterocycles. The van der Waals surface area contributed by atoms with Crippen LogP contribution < -0.4 is 4.74 Å². The fourth-order valence-corrected chi connectivity index (χ4v) is 3.68. The zero-order valence-electron chi connectivity index (χ0n) is 14.1. The zero-order chi connectivity index (χ0) is 18.5. The van der Waals surface area contributed by atoms with E-state index in [9.17, 15) is 9.59 Å². The third-order valence-electron chi connectivity index (χ3n) is 4.23. The van der Waals surface area contributed by atoms with Gasteiger partial charge in [-0.15, -0.1) is 11.3 Å². The summed E-state index contributed by atoms with van der Waals surface area (Å²) in [5, 5.41) is 12.4. The average molecular weight is 395 g/mol. The summed E-state index contributed by atoms with van der Waals surface area (Å²) in [7, 11) is 0. The number of aliphatic carboxylic acids is 1. The Morgan fingerprint density at radius 2 is 2.12 bits per heavy atom. The van der Waals surface area contributed by atoms with Gasteiger partial charge in [0.25, 0.3) is 0 Å². The topological polar surface area (TPSA) is 79.7 Å². The molecule has 138 valence electrons. The van der Waals surface area contributed by atoms with E-state index in [0.29, 0.717) is 36.0 Å². The number of amides is 1. The Kier molecular flexibility index (Phi) is 6.11. The highest BCUT2D eigenvalue weighted by molar-refractivity contribution is 7.09. The maximum absolute atomic E-state index is 12.4. The van der Waals surface area contributed by atoms with Gasteiger partial charge in [-0.25, -0.2) is 4.98 Å². The Balaban J connectivity index is 1.52. The zero-order valence-corrected chi connectivity index (χ0v) is 15.6. The summed E-state index contributed by atoms with van der Waals surface area (Å²) < 4.78 is 5.65. The largest absolute Gasteiger partial charge is 0.486 e. The monoisotopic (exact) mass is 394 g/mol. The lowest BCUT2D eigenvalue weighted by atomic mass is 9.98. The summed E-state index contributed by atoms with van der Waals surface area (Å²) in [5.41, 5.74) is 0.687. The number of carbonyl (C=O) groups excluding carboxylic acids is 1. The number of carboxylic acid groups (broad SMARTS) is 1. The van der Waals surface area contributed by atoms with Gasteiger partial charge in [-0.3, -0.25) is 9.59 Å². The molecule has 0 spiro atoms. The third-order valence-corrected chi connectivity index (χ3v) is 5.35. The standard InChI is InChI=1S/C18H19ClN2O4S/c19-13-3-5-15(6-4-13)25-10-16-20-14(11-26-16)8-17(22)21-7-1-2-12(9-21)18(23)24/h3-6,11-12H,1-2,7-10H2,(H,23,24)/t12-/m1/s1. The lowest BCUT2D eigenvalue weighted by Gasteiger charge is -2.30. The van der Waals surface area contributed by atoms with Crippen molar-refractivity contribution in [2.24, 2.45) is 5.92 Å². The smallest absolute Gasteiger partial charge is 0.308 e. The van der Waals surface area contributed by atoms with Gasteiger partial charge in [-0.2, -0.15) is 0 Å². The Morgan fingerprint density at radius 3 is 2.85 bits per heavy atom. The number of nitrogens with zero attached hydrogens (tertiary/aromatic N) is 2. The van der Waals surface area contributed by atoms with Crippen LogP contribution in [0, 0.1) is 5.92 Å². The molecule has 2 aromatic rings. The SMILES string of the molecule is O=C(O)[C@@H]1CCCN(C(=O)Cc2csc(COc3ccc(Cl)cc3)n2)C1. The van der Waals surface area contributed by atoms with E-state index in [2.05, 4.69) is 4.98 Å². The molecule has 0 bridgehead atoms. The summed E-state index contributed by atoms with van der Waals surface area (Å²) in [5.74, 6) is -0.675. The van der Waals surface area contributed by atoms with Gasteiger partial charge >= 0.3 is 5.97 Å². The number of thiazole rings is 1. The van der Waals surface area contributed by atoms with E-state index in [-0.39, 0.29) is 18.9 Å². The molecule has 3 rings (SSSR count). The predicted octanol–water partition coefficient (Wildman–Crippen LogP) is 3.24. The van der Waals surface area contributed by atoms with Crippen LogP contribution in [-0.4, -0.2) is 40.0 Å². The molecule has 0 aliphatic carbocycles. The van der Waals surface area contributed by atoms with Gasteiger partial charge in [0.05, 0.1) is 18.0 Å². The molecule has 1 aliphatic rings. The maximum Gasteiger partial charge on any atom is 0.308 e. The van der Waals surface area contributed by atoms with Crippen molar-refractivity contribution in [3.63, 3.8) is 0 Å². The summed E-state index contributed by atoms with van der Waals surface area (Å²) in [4.78, 5) is 29.6. The van der Waals surface area contributed by atoms with Crippen LogP contribution in [0.1, 0.15) is 23.5 Å². The minimum Gasteiger partial charge on any atom is -0.486 e. The highest BCUT2D eigenvalue weighted by Gasteiger charge is 2.28. The second-order valence-electron chi connectivity index (χ2n) is 6.17. The Morgan fingerprint density at radius 1 is 1.35 bits per heavy atom. The van der Waals surface area contributed by atoms with Gasteiger partial charge in [0.1, 0.15) is 17.4 Å². The second kappa shape index (κ2) is 8.51. The predicted molar refractivity (Wildman–Crippen MR) is 98.5 cm³/mol. The first-order valence-electron chi connectivity index (χ1n) is 8.33. The first-order valence-corrected chi connectivity index (χ1v) is 9.59. The van der Waals surface area contributed by atoms with Crippen LogP contribution in [0.5, 0.6) is 5.75 Å². The Hall–Kier alpha value is -2.12. The first-order chi connectivity index (χ1) is 12.5. The van der Waals surface area contributed by atoms with E-state index in [1.807, 2.05) is 5.38 Å². The van der Waals surface area contributed by atoms with Crippen LogP contribution in [0.4, 0.5) is 0 Å². The van der Waals surface area contributed by atoms with Crippen LogP contribution in [0.3, 0.4) is 0 Å². The molecule has 1 amide bonds. The molecule has 1 atom stereocenters. The van der Waals surface area contributed by atoms with Crippen molar-refractivity contribution < 1.29 is 19.4 Å². The molecular formula is C18H19ClN2O4S. The quantitative estimate of drug-likeness (QED) is 0.813. The van der Waals surface area contributed by atoms with Crippen molar-refractivity contribution in [1.29, 1.82) is 0 Å². The summed E-state index contributed by atoms with van der Waals surface area (Å²) in [6.45, 7) is 1.22. The van der Waals surface area contributed by atoms with Crippen LogP contribution in [0.2, 0.25) is 5.02 Å². The van der Waals surface area contributed by atoms with Gasteiger partial charge < -0.3 is 14.7 Å². The van der Waals surface area contributed by atoms with Crippen LogP contribution >= 0.6 is 22.9 Å². The molecule has 26 heavy (non-hydrogen) atoms. The molecule has 1 N–H and O–H groups in total. The number of rotatable bonds is 6. The summed E-state index contributed by atoms with van der Waals surface area (Å²) >= 11 is 7.28. The van der Waals surface area contributed by atoms with Gasteiger partial charge in [0.15, 0.2) is 0 Å². The second-order valence-corrected chi connectivity index (χ2v) is 7.55. The number of piperidine rings is 1. The van der Waals surface area contributed by atoms with E-state index in [1.165, 1.54) is 11.3 Å². The van der Waals surface area contributed by atoms with E-state index in [1.54, 1.807) is 29.2 Å². The Bertz CT molecular complexity index is 778. The average Bonchev–Trinajstić information content (AvgIpc) is 3.08. The van der Waals surface area contributed by atoms with Crippen LogP contribution in [0.25, 0.3) is 0 Å². The number of halogens is 1. The number of aromatic nitrogens is 1. The van der Waals surface area contributed by atoms with Crippen LogP contribution in [0.15, 0.2) is 29.6 Å². The molecule has 1 aromatic carbocycles. The number of hydrogen-bond acceptors (Lipinski definition) is 5. The minimum absolute atomic E-state index is 0.0774. The Labute approximate surface area is 160 Å².